The van der Waals surface area contributed by atoms with Gasteiger partial charge < -0.3 is 10.2 Å². The molecule has 1 aliphatic rings. The zero-order chi connectivity index (χ0) is 11.9. The highest BCUT2D eigenvalue weighted by Gasteiger charge is 2.29. The van der Waals surface area contributed by atoms with Crippen LogP contribution in [0, 0.1) is 0 Å². The van der Waals surface area contributed by atoms with Crippen LogP contribution in [0.3, 0.4) is 0 Å². The van der Waals surface area contributed by atoms with Gasteiger partial charge in [0.05, 0.1) is 11.0 Å². The monoisotopic (exact) mass is 240 g/mol. The summed E-state index contributed by atoms with van der Waals surface area (Å²) in [5, 5.41) is 20.1. The number of hydrogen-bond acceptors (Lipinski definition) is 4. The first-order chi connectivity index (χ1) is 7.42. The Morgan fingerprint density at radius 3 is 2.69 bits per heavy atom. The van der Waals surface area contributed by atoms with Crippen molar-refractivity contribution in [3.8, 4) is 5.75 Å². The van der Waals surface area contributed by atoms with E-state index in [1.807, 2.05) is 0 Å². The highest BCUT2D eigenvalue weighted by molar-refractivity contribution is 7.95. The van der Waals surface area contributed by atoms with E-state index in [4.69, 9.17) is 0 Å². The second kappa shape index (κ2) is 3.61. The van der Waals surface area contributed by atoms with E-state index in [1.165, 1.54) is 18.2 Å². The average molecular weight is 240 g/mol. The molecule has 2 N–H and O–H groups in total. The minimum atomic E-state index is -3.46. The van der Waals surface area contributed by atoms with Crippen LogP contribution in [0.5, 0.6) is 5.75 Å². The van der Waals surface area contributed by atoms with Crippen LogP contribution in [-0.4, -0.2) is 24.7 Å². The van der Waals surface area contributed by atoms with E-state index in [0.717, 1.165) is 5.41 Å². The van der Waals surface area contributed by atoms with Crippen LogP contribution < -0.4 is 0 Å². The van der Waals surface area contributed by atoms with Crippen LogP contribution in [-0.2, 0) is 9.84 Å². The summed E-state index contributed by atoms with van der Waals surface area (Å²) in [4.78, 5) is 0.114. The fourth-order valence-electron chi connectivity index (χ4n) is 1.86. The molecule has 1 aliphatic heterocycles. The lowest BCUT2D eigenvalue weighted by molar-refractivity contribution is 0.201. The smallest absolute Gasteiger partial charge is 0.200 e. The topological polar surface area (TPSA) is 74.6 Å². The van der Waals surface area contributed by atoms with Gasteiger partial charge in [-0.15, -0.1) is 0 Å². The van der Waals surface area contributed by atoms with Crippen molar-refractivity contribution in [1.82, 2.24) is 0 Å². The summed E-state index contributed by atoms with van der Waals surface area (Å²) in [5.74, 6) is -0.0644. The first-order valence-electron chi connectivity index (χ1n) is 4.88. The predicted octanol–water partition coefficient (Wildman–Crippen LogP) is 1.29. The van der Waals surface area contributed by atoms with E-state index in [-0.39, 0.29) is 17.1 Å². The molecule has 1 unspecified atom stereocenters. The summed E-state index contributed by atoms with van der Waals surface area (Å²) in [6.07, 6.45) is -0.434. The Kier molecular flexibility index (Phi) is 2.52. The zero-order valence-corrected chi connectivity index (χ0v) is 9.53. The number of phenols is 1. The Morgan fingerprint density at radius 2 is 2.06 bits per heavy atom. The highest BCUT2D eigenvalue weighted by atomic mass is 32.2. The normalized spacial score (nSPS) is 19.0. The van der Waals surface area contributed by atoms with E-state index in [1.54, 1.807) is 6.92 Å². The third kappa shape index (κ3) is 1.72. The van der Waals surface area contributed by atoms with Crippen LogP contribution in [0.2, 0.25) is 0 Å². The molecule has 2 rings (SSSR count). The van der Waals surface area contributed by atoms with Crippen molar-refractivity contribution >= 4 is 15.4 Å². The zero-order valence-electron chi connectivity index (χ0n) is 8.71. The van der Waals surface area contributed by atoms with Gasteiger partial charge in [-0.05, 0) is 31.1 Å². The van der Waals surface area contributed by atoms with Crippen molar-refractivity contribution in [2.75, 3.05) is 0 Å². The molecule has 0 radical (unpaired) electrons. The second-order valence-electron chi connectivity index (χ2n) is 3.89. The molecule has 0 aliphatic carbocycles. The number of aliphatic hydroxyl groups is 1. The Bertz CT molecular complexity index is 555. The van der Waals surface area contributed by atoms with Crippen LogP contribution >= 0.6 is 0 Å². The number of aromatic hydroxyl groups is 1. The molecule has 1 aromatic carbocycles. The fraction of sp³-hybridized carbons (Fsp3) is 0.273. The first-order valence-corrected chi connectivity index (χ1v) is 6.42. The van der Waals surface area contributed by atoms with Gasteiger partial charge in [0.1, 0.15) is 5.75 Å². The number of phenolic OH excluding ortho intramolecular Hbond substituents is 1. The quantitative estimate of drug-likeness (QED) is 0.817. The number of benzene rings is 1. The molecule has 1 atom stereocenters. The Morgan fingerprint density at radius 1 is 1.38 bits per heavy atom. The van der Waals surface area contributed by atoms with Crippen molar-refractivity contribution in [2.45, 2.75) is 24.3 Å². The summed E-state index contributed by atoms with van der Waals surface area (Å²) in [5.41, 5.74) is 0.784. The van der Waals surface area contributed by atoms with Crippen LogP contribution in [0.1, 0.15) is 18.9 Å². The van der Waals surface area contributed by atoms with Crippen molar-refractivity contribution in [3.63, 3.8) is 0 Å². The lowest BCUT2D eigenvalue weighted by Gasteiger charge is -2.08. The maximum Gasteiger partial charge on any atom is 0.200 e. The molecule has 0 bridgehead atoms. The Labute approximate surface area is 93.8 Å². The lowest BCUT2D eigenvalue weighted by Crippen LogP contribution is -2.00. The summed E-state index contributed by atoms with van der Waals surface area (Å²) in [6.45, 7) is 1.57. The second-order valence-corrected chi connectivity index (χ2v) is 5.66. The van der Waals surface area contributed by atoms with Crippen LogP contribution in [0.25, 0.3) is 5.57 Å². The summed E-state index contributed by atoms with van der Waals surface area (Å²) >= 11 is 0. The molecule has 0 spiro atoms. The van der Waals surface area contributed by atoms with Crippen LogP contribution in [0.15, 0.2) is 28.5 Å². The number of hydrogen-bond donors (Lipinski definition) is 2. The van der Waals surface area contributed by atoms with Crippen LogP contribution in [0.4, 0.5) is 0 Å². The summed E-state index contributed by atoms with van der Waals surface area (Å²) in [7, 11) is -3.46. The molecule has 0 aromatic heterocycles. The van der Waals surface area contributed by atoms with E-state index in [0.29, 0.717) is 11.1 Å². The third-order valence-corrected chi connectivity index (χ3v) is 3.99. The van der Waals surface area contributed by atoms with E-state index >= 15 is 0 Å². The van der Waals surface area contributed by atoms with Gasteiger partial charge in [0.2, 0.25) is 9.84 Å². The highest BCUT2D eigenvalue weighted by Crippen LogP contribution is 2.40. The van der Waals surface area contributed by atoms with Gasteiger partial charge >= 0.3 is 0 Å². The van der Waals surface area contributed by atoms with Gasteiger partial charge in [-0.2, -0.15) is 0 Å². The number of sulfone groups is 1. The molecule has 1 aromatic rings. The van der Waals surface area contributed by atoms with Crippen molar-refractivity contribution in [2.24, 2.45) is 0 Å². The Hall–Kier alpha value is -1.33. The fourth-order valence-corrected chi connectivity index (χ4v) is 3.36. The van der Waals surface area contributed by atoms with Crippen molar-refractivity contribution in [3.05, 3.63) is 29.2 Å². The average Bonchev–Trinajstić information content (AvgIpc) is 2.38. The molecule has 1 heterocycles. The van der Waals surface area contributed by atoms with Gasteiger partial charge in [0, 0.05) is 11.0 Å². The molecular formula is C11H12O4S. The van der Waals surface area contributed by atoms with Crippen molar-refractivity contribution < 1.29 is 18.6 Å². The molecule has 5 heteroatoms. The van der Waals surface area contributed by atoms with Crippen molar-refractivity contribution in [1.29, 1.82) is 0 Å². The lowest BCUT2D eigenvalue weighted by atomic mass is 10.0. The molecule has 86 valence electrons. The standard InChI is InChI=1S/C11H12O4S/c1-7(12)5-8-6-16(14,15)10-4-2-3-9(13)11(8)10/h2-4,6-7,12-13H,5H2,1H3. The summed E-state index contributed by atoms with van der Waals surface area (Å²) < 4.78 is 23.5. The van der Waals surface area contributed by atoms with E-state index < -0.39 is 15.9 Å². The first kappa shape index (κ1) is 11.2. The minimum Gasteiger partial charge on any atom is -0.507 e. The van der Waals surface area contributed by atoms with E-state index in [2.05, 4.69) is 0 Å². The molecule has 0 amide bonds. The molecule has 4 nitrogen and oxygen atoms in total. The molecule has 0 fully saturated rings. The van der Waals surface area contributed by atoms with Gasteiger partial charge in [-0.3, -0.25) is 0 Å². The summed E-state index contributed by atoms with van der Waals surface area (Å²) in [6, 6.07) is 4.39. The van der Waals surface area contributed by atoms with Gasteiger partial charge in [-0.25, -0.2) is 8.42 Å². The number of aliphatic hydroxyl groups excluding tert-OH is 1. The molecule has 16 heavy (non-hydrogen) atoms. The molecule has 0 saturated heterocycles. The minimum absolute atomic E-state index is 0.0644. The number of rotatable bonds is 2. The van der Waals surface area contributed by atoms with Gasteiger partial charge in [-0.1, -0.05) is 6.07 Å². The largest absolute Gasteiger partial charge is 0.507 e. The number of fused-ring (bicyclic) bond motifs is 1. The maximum absolute atomic E-state index is 11.7. The SMILES string of the molecule is CC(O)CC1=CS(=O)(=O)c2cccc(O)c21. The molecular weight excluding hydrogens is 228 g/mol. The Balaban J connectivity index is 2.62. The predicted molar refractivity (Wildman–Crippen MR) is 59.6 cm³/mol. The van der Waals surface area contributed by atoms with Gasteiger partial charge in [0.15, 0.2) is 0 Å². The molecule has 0 saturated carbocycles. The van der Waals surface area contributed by atoms with Gasteiger partial charge in [0.25, 0.3) is 0 Å². The third-order valence-electron chi connectivity index (χ3n) is 2.44. The van der Waals surface area contributed by atoms with E-state index in [9.17, 15) is 18.6 Å². The maximum atomic E-state index is 11.7.